The summed E-state index contributed by atoms with van der Waals surface area (Å²) < 4.78 is 6.52. The summed E-state index contributed by atoms with van der Waals surface area (Å²) in [6, 6.07) is 105. The van der Waals surface area contributed by atoms with Gasteiger partial charge in [0.05, 0.1) is 5.41 Å². The zero-order valence-corrected chi connectivity index (χ0v) is 45.1. The SMILES string of the molecule is C1=CC(N(c2ccccc2)c2ccc(-c3cccc4c3-c3cc(-c5ccc6c(c5)oc5ccccc56)ccc3C43c4ccc(-c5ccccc5)cc4-c4c(-c5ccc(N(c6ccccc6)c6ccccc6)cc5)cccc43)cc2)=CCC1. The molecular formula is C79H54N2O. The lowest BCUT2D eigenvalue weighted by Crippen LogP contribution is -2.25. The van der Waals surface area contributed by atoms with Crippen molar-refractivity contribution in [2.45, 2.75) is 18.3 Å². The molecule has 1 atom stereocenters. The molecule has 3 aliphatic carbocycles. The van der Waals surface area contributed by atoms with Crippen LogP contribution in [0.3, 0.4) is 0 Å². The molecule has 82 heavy (non-hydrogen) atoms. The van der Waals surface area contributed by atoms with Crippen LogP contribution in [0.4, 0.5) is 28.4 Å². The van der Waals surface area contributed by atoms with Crippen LogP contribution in [0.15, 0.2) is 313 Å². The van der Waals surface area contributed by atoms with E-state index in [9.17, 15) is 0 Å². The second-order valence-electron chi connectivity index (χ2n) is 21.8. The Balaban J connectivity index is 0.911. The van der Waals surface area contributed by atoms with Crippen molar-refractivity contribution < 1.29 is 4.42 Å². The molecule has 3 nitrogen and oxygen atoms in total. The fourth-order valence-corrected chi connectivity index (χ4v) is 13.7. The molecule has 0 fully saturated rings. The van der Waals surface area contributed by atoms with Gasteiger partial charge in [-0.25, -0.2) is 0 Å². The van der Waals surface area contributed by atoms with Crippen molar-refractivity contribution in [3.63, 3.8) is 0 Å². The molecule has 16 rings (SSSR count). The van der Waals surface area contributed by atoms with Gasteiger partial charge in [0.1, 0.15) is 11.2 Å². The predicted molar refractivity (Wildman–Crippen MR) is 341 cm³/mol. The number of hydrogen-bond acceptors (Lipinski definition) is 3. The molecule has 0 amide bonds. The van der Waals surface area contributed by atoms with Gasteiger partial charge in [-0.15, -0.1) is 0 Å². The summed E-state index contributed by atoms with van der Waals surface area (Å²) in [7, 11) is 0. The second kappa shape index (κ2) is 19.4. The standard InChI is InChI=1S/C79H54N2O/c1-6-20-53(21-7-1)56-41-48-71-69(50-56)77-65(54-36-43-63(44-37-54)80(59-22-8-2-9-23-59)60-24-10-3-11-25-60)31-18-33-73(77)79(71)72-49-42-57(58-40-47-68-67-30-16-17-35-75(67)82-76(68)52-58)51-70(72)78-66(32-19-34-74(78)79)55-38-45-64(46-39-55)81(61-26-12-4-13-27-61)62-28-14-5-15-29-62/h1-4,6-14,16-52H,5,15H2. The van der Waals surface area contributed by atoms with Gasteiger partial charge in [-0.2, -0.15) is 0 Å². The lowest BCUT2D eigenvalue weighted by Gasteiger charge is -2.31. The third-order valence-corrected chi connectivity index (χ3v) is 17.3. The average molecular weight is 1050 g/mol. The second-order valence-corrected chi connectivity index (χ2v) is 21.8. The Hall–Kier alpha value is -10.5. The van der Waals surface area contributed by atoms with Gasteiger partial charge < -0.3 is 14.2 Å². The molecular weight excluding hydrogens is 993 g/mol. The van der Waals surface area contributed by atoms with E-state index in [-0.39, 0.29) is 0 Å². The first-order valence-electron chi connectivity index (χ1n) is 28.5. The van der Waals surface area contributed by atoms with E-state index in [0.717, 1.165) is 74.3 Å². The highest BCUT2D eigenvalue weighted by Crippen LogP contribution is 2.66. The topological polar surface area (TPSA) is 19.6 Å². The minimum atomic E-state index is -0.640. The number of nitrogens with zero attached hydrogens (tertiary/aromatic N) is 2. The molecule has 386 valence electrons. The normalized spacial score (nSPS) is 14.6. The van der Waals surface area contributed by atoms with Crippen LogP contribution in [0.5, 0.6) is 0 Å². The molecule has 1 heterocycles. The minimum Gasteiger partial charge on any atom is -0.456 e. The minimum absolute atomic E-state index is 0.640. The molecule has 1 spiro atoms. The molecule has 13 aromatic rings. The van der Waals surface area contributed by atoms with Crippen molar-refractivity contribution >= 4 is 50.4 Å². The van der Waals surface area contributed by atoms with Crippen molar-refractivity contribution in [3.05, 3.63) is 331 Å². The van der Waals surface area contributed by atoms with Crippen molar-refractivity contribution in [3.8, 4) is 66.8 Å². The maximum absolute atomic E-state index is 6.52. The number of benzene rings is 12. The van der Waals surface area contributed by atoms with Crippen molar-refractivity contribution in [2.75, 3.05) is 9.80 Å². The monoisotopic (exact) mass is 1050 g/mol. The largest absolute Gasteiger partial charge is 0.456 e. The molecule has 0 saturated carbocycles. The highest BCUT2D eigenvalue weighted by atomic mass is 16.3. The van der Waals surface area contributed by atoms with Gasteiger partial charge in [0.15, 0.2) is 0 Å². The van der Waals surface area contributed by atoms with Crippen LogP contribution in [-0.4, -0.2) is 0 Å². The van der Waals surface area contributed by atoms with Crippen LogP contribution < -0.4 is 9.80 Å². The molecule has 0 bridgehead atoms. The number of hydrogen-bond donors (Lipinski definition) is 0. The molecule has 3 aliphatic rings. The summed E-state index contributed by atoms with van der Waals surface area (Å²) in [4.78, 5) is 4.72. The molecule has 12 aromatic carbocycles. The Kier molecular flexibility index (Phi) is 11.2. The molecule has 0 radical (unpaired) electrons. The highest BCUT2D eigenvalue weighted by Gasteiger charge is 2.53. The van der Waals surface area contributed by atoms with Crippen molar-refractivity contribution in [1.82, 2.24) is 0 Å². The van der Waals surface area contributed by atoms with Crippen LogP contribution in [0, 0.1) is 0 Å². The molecule has 3 heteroatoms. The summed E-state index contributed by atoms with van der Waals surface area (Å²) in [6.07, 6.45) is 8.99. The van der Waals surface area contributed by atoms with Crippen molar-refractivity contribution in [1.29, 1.82) is 0 Å². The van der Waals surface area contributed by atoms with Crippen molar-refractivity contribution in [2.24, 2.45) is 0 Å². The zero-order chi connectivity index (χ0) is 54.1. The number of fused-ring (bicyclic) bond motifs is 13. The van der Waals surface area contributed by atoms with E-state index in [4.69, 9.17) is 4.42 Å². The summed E-state index contributed by atoms with van der Waals surface area (Å²) in [6.45, 7) is 0. The van der Waals surface area contributed by atoms with Crippen LogP contribution in [0.1, 0.15) is 35.1 Å². The smallest absolute Gasteiger partial charge is 0.136 e. The Morgan fingerprint density at radius 1 is 0.293 bits per heavy atom. The Morgan fingerprint density at radius 3 is 1.30 bits per heavy atom. The van der Waals surface area contributed by atoms with Gasteiger partial charge in [0.25, 0.3) is 0 Å². The van der Waals surface area contributed by atoms with E-state index in [1.807, 2.05) is 6.07 Å². The summed E-state index contributed by atoms with van der Waals surface area (Å²) in [5.41, 5.74) is 27.5. The quantitative estimate of drug-likeness (QED) is 0.136. The van der Waals surface area contributed by atoms with E-state index in [0.29, 0.717) is 0 Å². The third-order valence-electron chi connectivity index (χ3n) is 17.3. The van der Waals surface area contributed by atoms with E-state index in [1.54, 1.807) is 0 Å². The van der Waals surface area contributed by atoms with Gasteiger partial charge >= 0.3 is 0 Å². The van der Waals surface area contributed by atoms with Gasteiger partial charge in [-0.3, -0.25) is 0 Å². The summed E-state index contributed by atoms with van der Waals surface area (Å²) >= 11 is 0. The van der Waals surface area contributed by atoms with E-state index in [2.05, 4.69) is 307 Å². The molecule has 0 saturated heterocycles. The lowest BCUT2D eigenvalue weighted by atomic mass is 9.70. The van der Waals surface area contributed by atoms with Gasteiger partial charge in [-0.05, 0) is 199 Å². The van der Waals surface area contributed by atoms with E-state index < -0.39 is 5.41 Å². The van der Waals surface area contributed by atoms with Crippen LogP contribution in [-0.2, 0) is 5.41 Å². The number of rotatable bonds is 10. The fraction of sp³-hybridized carbons (Fsp3) is 0.0380. The predicted octanol–water partition coefficient (Wildman–Crippen LogP) is 21.4. The van der Waals surface area contributed by atoms with E-state index in [1.165, 1.54) is 83.6 Å². The van der Waals surface area contributed by atoms with Crippen LogP contribution in [0.25, 0.3) is 88.7 Å². The first-order chi connectivity index (χ1) is 40.7. The van der Waals surface area contributed by atoms with Gasteiger partial charge in [-0.1, -0.05) is 206 Å². The summed E-state index contributed by atoms with van der Waals surface area (Å²) in [5, 5.41) is 2.26. The lowest BCUT2D eigenvalue weighted by molar-refractivity contribution is 0.669. The maximum atomic E-state index is 6.52. The average Bonchev–Trinajstić information content (AvgIpc) is 1.75. The number of furan rings is 1. The summed E-state index contributed by atoms with van der Waals surface area (Å²) in [5.74, 6) is 0. The van der Waals surface area contributed by atoms with Crippen LogP contribution >= 0.6 is 0 Å². The highest BCUT2D eigenvalue weighted by molar-refractivity contribution is 6.07. The Labute approximate surface area is 478 Å². The van der Waals surface area contributed by atoms with E-state index >= 15 is 0 Å². The third kappa shape index (κ3) is 7.58. The number of allylic oxidation sites excluding steroid dienone is 3. The molecule has 0 N–H and O–H groups in total. The van der Waals surface area contributed by atoms with Gasteiger partial charge in [0.2, 0.25) is 0 Å². The van der Waals surface area contributed by atoms with Gasteiger partial charge in [0, 0.05) is 44.9 Å². The fourth-order valence-electron chi connectivity index (χ4n) is 13.7. The molecule has 1 unspecified atom stereocenters. The first-order valence-corrected chi connectivity index (χ1v) is 28.5. The number of para-hydroxylation sites is 4. The molecule has 0 aliphatic heterocycles. The first kappa shape index (κ1) is 47.5. The Morgan fingerprint density at radius 2 is 0.744 bits per heavy atom. The number of anilines is 5. The Bertz CT molecular complexity index is 4610. The maximum Gasteiger partial charge on any atom is 0.136 e. The molecule has 1 aromatic heterocycles. The zero-order valence-electron chi connectivity index (χ0n) is 45.1. The van der Waals surface area contributed by atoms with Crippen LogP contribution in [0.2, 0.25) is 0 Å².